The zero-order valence-electron chi connectivity index (χ0n) is 15.6. The van der Waals surface area contributed by atoms with Crippen molar-refractivity contribution in [2.75, 3.05) is 20.2 Å². The largest absolute Gasteiger partial charge is 0.469 e. The van der Waals surface area contributed by atoms with Gasteiger partial charge in [-0.2, -0.15) is 0 Å². The van der Waals surface area contributed by atoms with E-state index < -0.39 is 0 Å². The van der Waals surface area contributed by atoms with E-state index >= 15 is 0 Å². The molecule has 1 amide bonds. The van der Waals surface area contributed by atoms with Crippen LogP contribution in [0.5, 0.6) is 0 Å². The third-order valence-electron chi connectivity index (χ3n) is 4.76. The van der Waals surface area contributed by atoms with Crippen LogP contribution in [-0.4, -0.2) is 51.5 Å². The van der Waals surface area contributed by atoms with Crippen LogP contribution in [0.3, 0.4) is 0 Å². The molecule has 27 heavy (non-hydrogen) atoms. The number of hydrogen-bond donors (Lipinski definition) is 0. The van der Waals surface area contributed by atoms with Crippen molar-refractivity contribution in [2.24, 2.45) is 5.92 Å². The van der Waals surface area contributed by atoms with Gasteiger partial charge in [-0.3, -0.25) is 24.4 Å². The van der Waals surface area contributed by atoms with Gasteiger partial charge in [-0.15, -0.1) is 0 Å². The van der Waals surface area contributed by atoms with Gasteiger partial charge in [-0.05, 0) is 31.9 Å². The van der Waals surface area contributed by atoms with Crippen molar-refractivity contribution < 1.29 is 14.3 Å². The summed E-state index contributed by atoms with van der Waals surface area (Å²) < 4.78 is 6.21. The average molecular weight is 370 g/mol. The Bertz CT molecular complexity index is 920. The van der Waals surface area contributed by atoms with Crippen LogP contribution in [0.1, 0.15) is 33.7 Å². The zero-order valence-corrected chi connectivity index (χ0v) is 15.6. The number of hydrogen-bond acceptors (Lipinski definition) is 6. The first-order chi connectivity index (χ1) is 12.9. The fourth-order valence-corrected chi connectivity index (χ4v) is 3.19. The van der Waals surface area contributed by atoms with E-state index in [4.69, 9.17) is 4.74 Å². The molecule has 0 N–H and O–H groups in total. The van der Waals surface area contributed by atoms with Crippen molar-refractivity contribution >= 4 is 11.9 Å². The maximum Gasteiger partial charge on any atom is 0.310 e. The SMILES string of the molecule is COC(=O)C1CCN(C(=O)c2c(C)ccn(Cc3cnc(C)cn3)c2=O)C1. The maximum atomic E-state index is 12.9. The molecule has 3 heterocycles. The summed E-state index contributed by atoms with van der Waals surface area (Å²) >= 11 is 0. The molecule has 1 saturated heterocycles. The molecule has 2 aromatic heterocycles. The Morgan fingerprint density at radius 2 is 2.04 bits per heavy atom. The number of aromatic nitrogens is 3. The molecular weight excluding hydrogens is 348 g/mol. The standard InChI is InChI=1S/C19H22N4O4/c1-12-4-6-23(11-15-9-20-13(2)8-21-15)18(25)16(12)17(24)22-7-5-14(10-22)19(26)27-3/h4,6,8-9,14H,5,7,10-11H2,1-3H3. The number of carbonyl (C=O) groups excluding carboxylic acids is 2. The van der Waals surface area contributed by atoms with Gasteiger partial charge >= 0.3 is 5.97 Å². The Hall–Kier alpha value is -3.03. The minimum Gasteiger partial charge on any atom is -0.469 e. The molecule has 0 aromatic carbocycles. The van der Waals surface area contributed by atoms with E-state index in [9.17, 15) is 14.4 Å². The molecule has 2 aromatic rings. The summed E-state index contributed by atoms with van der Waals surface area (Å²) in [5.41, 5.74) is 1.79. The van der Waals surface area contributed by atoms with E-state index in [2.05, 4.69) is 9.97 Å². The molecule has 0 radical (unpaired) electrons. The number of carbonyl (C=O) groups is 2. The molecule has 1 aliphatic heterocycles. The average Bonchev–Trinajstić information content (AvgIpc) is 3.15. The van der Waals surface area contributed by atoms with Gasteiger partial charge in [0, 0.05) is 25.5 Å². The van der Waals surface area contributed by atoms with Crippen molar-refractivity contribution in [2.45, 2.75) is 26.8 Å². The molecule has 0 bridgehead atoms. The molecular formula is C19H22N4O4. The third-order valence-corrected chi connectivity index (χ3v) is 4.76. The lowest BCUT2D eigenvalue weighted by Gasteiger charge is -2.18. The highest BCUT2D eigenvalue weighted by atomic mass is 16.5. The van der Waals surface area contributed by atoms with Crippen LogP contribution in [0, 0.1) is 19.8 Å². The number of pyridine rings is 1. The van der Waals surface area contributed by atoms with E-state index in [1.54, 1.807) is 36.5 Å². The Morgan fingerprint density at radius 1 is 1.26 bits per heavy atom. The van der Waals surface area contributed by atoms with Gasteiger partial charge in [-0.1, -0.05) is 0 Å². The first kappa shape index (κ1) is 18.8. The molecule has 8 nitrogen and oxygen atoms in total. The van der Waals surface area contributed by atoms with Crippen molar-refractivity contribution in [1.29, 1.82) is 0 Å². The van der Waals surface area contributed by atoms with E-state index in [-0.39, 0.29) is 42.0 Å². The van der Waals surface area contributed by atoms with Crippen LogP contribution in [0.2, 0.25) is 0 Å². The number of nitrogens with zero attached hydrogens (tertiary/aromatic N) is 4. The lowest BCUT2D eigenvalue weighted by atomic mass is 10.1. The molecule has 0 spiro atoms. The summed E-state index contributed by atoms with van der Waals surface area (Å²) in [5, 5.41) is 0. The number of likely N-dealkylation sites (tertiary alicyclic amines) is 1. The van der Waals surface area contributed by atoms with Crippen LogP contribution in [0.15, 0.2) is 29.5 Å². The Kier molecular flexibility index (Phi) is 5.34. The van der Waals surface area contributed by atoms with Crippen LogP contribution in [-0.2, 0) is 16.1 Å². The number of aryl methyl sites for hydroxylation is 2. The summed E-state index contributed by atoms with van der Waals surface area (Å²) in [6.45, 7) is 4.50. The second-order valence-corrected chi connectivity index (χ2v) is 6.72. The molecule has 1 atom stereocenters. The van der Waals surface area contributed by atoms with Gasteiger partial charge in [0.15, 0.2) is 0 Å². The maximum absolute atomic E-state index is 12.9. The van der Waals surface area contributed by atoms with Gasteiger partial charge < -0.3 is 14.2 Å². The summed E-state index contributed by atoms with van der Waals surface area (Å²) in [6, 6.07) is 1.74. The minimum atomic E-state index is -0.371. The zero-order chi connectivity index (χ0) is 19.6. The van der Waals surface area contributed by atoms with Crippen molar-refractivity contribution in [3.05, 3.63) is 57.5 Å². The number of esters is 1. The monoisotopic (exact) mass is 370 g/mol. The topological polar surface area (TPSA) is 94.4 Å². The summed E-state index contributed by atoms with van der Waals surface area (Å²) in [7, 11) is 1.33. The van der Waals surface area contributed by atoms with Gasteiger partial charge in [0.25, 0.3) is 11.5 Å². The first-order valence-electron chi connectivity index (χ1n) is 8.75. The molecule has 0 aliphatic carbocycles. The molecule has 1 aliphatic rings. The van der Waals surface area contributed by atoms with Gasteiger partial charge in [-0.25, -0.2) is 0 Å². The second kappa shape index (κ2) is 7.69. The van der Waals surface area contributed by atoms with E-state index in [0.29, 0.717) is 24.2 Å². The molecule has 142 valence electrons. The molecule has 1 fully saturated rings. The van der Waals surface area contributed by atoms with E-state index in [1.165, 1.54) is 11.7 Å². The first-order valence-corrected chi connectivity index (χ1v) is 8.75. The van der Waals surface area contributed by atoms with E-state index in [1.807, 2.05) is 6.92 Å². The lowest BCUT2D eigenvalue weighted by molar-refractivity contribution is -0.144. The van der Waals surface area contributed by atoms with Crippen molar-refractivity contribution in [3.8, 4) is 0 Å². The number of ether oxygens (including phenoxy) is 1. The highest BCUT2D eigenvalue weighted by Crippen LogP contribution is 2.20. The van der Waals surface area contributed by atoms with Gasteiger partial charge in [0.2, 0.25) is 0 Å². The summed E-state index contributed by atoms with van der Waals surface area (Å²) in [5.74, 6) is -1.02. The number of methoxy groups -OCH3 is 1. The summed E-state index contributed by atoms with van der Waals surface area (Å²) in [4.78, 5) is 47.5. The van der Waals surface area contributed by atoms with Gasteiger partial charge in [0.05, 0.1) is 37.2 Å². The van der Waals surface area contributed by atoms with Crippen LogP contribution < -0.4 is 5.56 Å². The highest BCUT2D eigenvalue weighted by Gasteiger charge is 2.33. The predicted octanol–water partition coefficient (Wildman–Crippen LogP) is 0.939. The van der Waals surface area contributed by atoms with E-state index in [0.717, 1.165) is 5.69 Å². The Morgan fingerprint density at radius 3 is 2.70 bits per heavy atom. The summed E-state index contributed by atoms with van der Waals surface area (Å²) in [6.07, 6.45) is 5.44. The smallest absolute Gasteiger partial charge is 0.310 e. The fraction of sp³-hybridized carbons (Fsp3) is 0.421. The number of amides is 1. The Labute approximate surface area is 156 Å². The van der Waals surface area contributed by atoms with Crippen molar-refractivity contribution in [3.63, 3.8) is 0 Å². The van der Waals surface area contributed by atoms with Crippen LogP contribution in [0.25, 0.3) is 0 Å². The van der Waals surface area contributed by atoms with Gasteiger partial charge in [0.1, 0.15) is 5.56 Å². The molecule has 8 heteroatoms. The molecule has 3 rings (SSSR count). The normalized spacial score (nSPS) is 16.4. The van der Waals surface area contributed by atoms with Crippen LogP contribution >= 0.6 is 0 Å². The second-order valence-electron chi connectivity index (χ2n) is 6.72. The van der Waals surface area contributed by atoms with Crippen molar-refractivity contribution in [1.82, 2.24) is 19.4 Å². The molecule has 1 unspecified atom stereocenters. The fourth-order valence-electron chi connectivity index (χ4n) is 3.19. The number of rotatable bonds is 4. The lowest BCUT2D eigenvalue weighted by Crippen LogP contribution is -2.37. The highest BCUT2D eigenvalue weighted by molar-refractivity contribution is 5.95. The minimum absolute atomic E-state index is 0.128. The third kappa shape index (κ3) is 3.89. The Balaban J connectivity index is 1.85. The molecule has 0 saturated carbocycles. The van der Waals surface area contributed by atoms with Crippen LogP contribution in [0.4, 0.5) is 0 Å². The quantitative estimate of drug-likeness (QED) is 0.744. The predicted molar refractivity (Wildman–Crippen MR) is 97.3 cm³/mol.